The molecule has 0 saturated carbocycles. The predicted molar refractivity (Wildman–Crippen MR) is 59.4 cm³/mol. The van der Waals surface area contributed by atoms with Gasteiger partial charge in [0.25, 0.3) is 0 Å². The summed E-state index contributed by atoms with van der Waals surface area (Å²) in [6, 6.07) is 8.27. The minimum Gasteiger partial charge on any atom is -0.490 e. The maximum Gasteiger partial charge on any atom is 0.127 e. The van der Waals surface area contributed by atoms with E-state index < -0.39 is 0 Å². The molecule has 0 radical (unpaired) electrons. The van der Waals surface area contributed by atoms with Crippen molar-refractivity contribution in [2.24, 2.45) is 0 Å². The molecule has 0 aromatic heterocycles. The Bertz CT molecular complexity index is 377. The standard InChI is InChI=1S/C13H16O/c1-9-8-10(2)14-13-7-5-4-6-12(13)11(9)3/h4-7,10H,8H2,1-3H3. The Morgan fingerprint density at radius 3 is 2.71 bits per heavy atom. The van der Waals surface area contributed by atoms with Crippen molar-refractivity contribution in [1.29, 1.82) is 0 Å². The molecule has 14 heavy (non-hydrogen) atoms. The quantitative estimate of drug-likeness (QED) is 0.604. The van der Waals surface area contributed by atoms with Crippen LogP contribution in [0.2, 0.25) is 0 Å². The number of hydrogen-bond acceptors (Lipinski definition) is 1. The second kappa shape index (κ2) is 3.49. The van der Waals surface area contributed by atoms with Gasteiger partial charge in [-0.1, -0.05) is 23.8 Å². The first-order chi connectivity index (χ1) is 6.68. The first-order valence-corrected chi connectivity index (χ1v) is 5.11. The fourth-order valence-corrected chi connectivity index (χ4v) is 1.95. The summed E-state index contributed by atoms with van der Waals surface area (Å²) < 4.78 is 5.86. The van der Waals surface area contributed by atoms with Crippen molar-refractivity contribution in [2.45, 2.75) is 33.3 Å². The molecular weight excluding hydrogens is 172 g/mol. The Hall–Kier alpha value is -1.24. The number of allylic oxidation sites excluding steroid dienone is 1. The van der Waals surface area contributed by atoms with Gasteiger partial charge >= 0.3 is 0 Å². The molecule has 1 aliphatic rings. The molecule has 2 rings (SSSR count). The number of rotatable bonds is 0. The van der Waals surface area contributed by atoms with Gasteiger partial charge in [-0.2, -0.15) is 0 Å². The number of para-hydroxylation sites is 1. The van der Waals surface area contributed by atoms with E-state index in [2.05, 4.69) is 32.9 Å². The highest BCUT2D eigenvalue weighted by Crippen LogP contribution is 2.33. The Labute approximate surface area is 85.4 Å². The summed E-state index contributed by atoms with van der Waals surface area (Å²) in [6.07, 6.45) is 1.31. The van der Waals surface area contributed by atoms with Crippen molar-refractivity contribution in [1.82, 2.24) is 0 Å². The van der Waals surface area contributed by atoms with Gasteiger partial charge in [-0.25, -0.2) is 0 Å². The van der Waals surface area contributed by atoms with E-state index in [4.69, 9.17) is 4.74 Å². The Balaban J connectivity index is 2.56. The van der Waals surface area contributed by atoms with E-state index in [9.17, 15) is 0 Å². The highest BCUT2D eigenvalue weighted by atomic mass is 16.5. The average Bonchev–Trinajstić information content (AvgIpc) is 2.26. The number of hydrogen-bond donors (Lipinski definition) is 0. The zero-order valence-corrected chi connectivity index (χ0v) is 9.00. The summed E-state index contributed by atoms with van der Waals surface area (Å²) in [4.78, 5) is 0. The number of ether oxygens (including phenoxy) is 1. The van der Waals surface area contributed by atoms with Crippen LogP contribution in [0.15, 0.2) is 29.8 Å². The molecule has 1 nitrogen and oxygen atoms in total. The van der Waals surface area contributed by atoms with Gasteiger partial charge < -0.3 is 4.74 Å². The predicted octanol–water partition coefficient (Wildman–Crippen LogP) is 3.65. The first-order valence-electron chi connectivity index (χ1n) is 5.11. The molecule has 0 N–H and O–H groups in total. The highest BCUT2D eigenvalue weighted by Gasteiger charge is 2.16. The molecule has 0 saturated heterocycles. The third kappa shape index (κ3) is 1.54. The molecular formula is C13H16O. The van der Waals surface area contributed by atoms with E-state index in [0.29, 0.717) is 0 Å². The smallest absolute Gasteiger partial charge is 0.127 e. The zero-order valence-electron chi connectivity index (χ0n) is 9.00. The van der Waals surface area contributed by atoms with Crippen LogP contribution in [-0.4, -0.2) is 6.10 Å². The van der Waals surface area contributed by atoms with Crippen LogP contribution in [0, 0.1) is 0 Å². The van der Waals surface area contributed by atoms with E-state index in [1.807, 2.05) is 12.1 Å². The van der Waals surface area contributed by atoms with Crippen LogP contribution in [-0.2, 0) is 0 Å². The van der Waals surface area contributed by atoms with Gasteiger partial charge in [-0.15, -0.1) is 0 Å². The van der Waals surface area contributed by atoms with E-state index >= 15 is 0 Å². The van der Waals surface area contributed by atoms with Crippen molar-refractivity contribution in [3.05, 3.63) is 35.4 Å². The highest BCUT2D eigenvalue weighted by molar-refractivity contribution is 5.72. The lowest BCUT2D eigenvalue weighted by molar-refractivity contribution is 0.224. The van der Waals surface area contributed by atoms with Crippen molar-refractivity contribution in [3.63, 3.8) is 0 Å². The molecule has 1 heterocycles. The van der Waals surface area contributed by atoms with Crippen LogP contribution >= 0.6 is 0 Å². The Kier molecular flexibility index (Phi) is 2.32. The molecule has 1 heteroatoms. The van der Waals surface area contributed by atoms with E-state index in [-0.39, 0.29) is 6.10 Å². The summed E-state index contributed by atoms with van der Waals surface area (Å²) in [5.74, 6) is 1.02. The summed E-state index contributed by atoms with van der Waals surface area (Å²) in [6.45, 7) is 6.49. The number of fused-ring (bicyclic) bond motifs is 1. The first kappa shape index (κ1) is 9.32. The lowest BCUT2D eigenvalue weighted by Gasteiger charge is -2.12. The minimum absolute atomic E-state index is 0.286. The zero-order chi connectivity index (χ0) is 10.1. The van der Waals surface area contributed by atoms with E-state index in [1.54, 1.807) is 0 Å². The fraction of sp³-hybridized carbons (Fsp3) is 0.385. The number of benzene rings is 1. The second-order valence-corrected chi connectivity index (χ2v) is 4.03. The van der Waals surface area contributed by atoms with Crippen molar-refractivity contribution < 1.29 is 4.74 Å². The van der Waals surface area contributed by atoms with Crippen LogP contribution in [0.5, 0.6) is 5.75 Å². The normalized spacial score (nSPS) is 21.2. The summed E-state index contributed by atoms with van der Waals surface area (Å²) >= 11 is 0. The molecule has 1 unspecified atom stereocenters. The molecule has 1 aromatic carbocycles. The van der Waals surface area contributed by atoms with Crippen molar-refractivity contribution in [3.8, 4) is 5.75 Å². The summed E-state index contributed by atoms with van der Waals surface area (Å²) in [7, 11) is 0. The largest absolute Gasteiger partial charge is 0.490 e. The average molecular weight is 188 g/mol. The van der Waals surface area contributed by atoms with Gasteiger partial charge in [0.1, 0.15) is 5.75 Å². The second-order valence-electron chi connectivity index (χ2n) is 4.03. The third-order valence-corrected chi connectivity index (χ3v) is 2.85. The van der Waals surface area contributed by atoms with Crippen LogP contribution in [0.3, 0.4) is 0 Å². The van der Waals surface area contributed by atoms with Crippen molar-refractivity contribution >= 4 is 5.57 Å². The summed E-state index contributed by atoms with van der Waals surface area (Å²) in [5, 5.41) is 0. The minimum atomic E-state index is 0.286. The third-order valence-electron chi connectivity index (χ3n) is 2.85. The molecule has 1 aliphatic heterocycles. The van der Waals surface area contributed by atoms with E-state index in [1.165, 1.54) is 16.7 Å². The van der Waals surface area contributed by atoms with Crippen LogP contribution in [0.4, 0.5) is 0 Å². The molecule has 0 fully saturated rings. The molecule has 0 aliphatic carbocycles. The van der Waals surface area contributed by atoms with Gasteiger partial charge in [0.15, 0.2) is 0 Å². The monoisotopic (exact) mass is 188 g/mol. The van der Waals surface area contributed by atoms with E-state index in [0.717, 1.165) is 12.2 Å². The molecule has 0 amide bonds. The lowest BCUT2D eigenvalue weighted by Crippen LogP contribution is -2.10. The van der Waals surface area contributed by atoms with Gasteiger partial charge in [-0.3, -0.25) is 0 Å². The maximum absolute atomic E-state index is 5.86. The summed E-state index contributed by atoms with van der Waals surface area (Å²) in [5.41, 5.74) is 4.04. The lowest BCUT2D eigenvalue weighted by atomic mass is 10.00. The SMILES string of the molecule is CC1=C(C)c2ccccc2OC(C)C1. The van der Waals surface area contributed by atoms with Gasteiger partial charge in [0, 0.05) is 12.0 Å². The Morgan fingerprint density at radius 1 is 1.21 bits per heavy atom. The fourth-order valence-electron chi connectivity index (χ4n) is 1.95. The van der Waals surface area contributed by atoms with Gasteiger partial charge in [0.05, 0.1) is 6.10 Å². The molecule has 0 bridgehead atoms. The van der Waals surface area contributed by atoms with Crippen LogP contribution in [0.25, 0.3) is 5.57 Å². The van der Waals surface area contributed by atoms with Gasteiger partial charge in [-0.05, 0) is 32.4 Å². The Morgan fingerprint density at radius 2 is 1.93 bits per heavy atom. The molecule has 74 valence electrons. The molecule has 1 aromatic rings. The molecule has 1 atom stereocenters. The van der Waals surface area contributed by atoms with Crippen LogP contribution in [0.1, 0.15) is 32.8 Å². The van der Waals surface area contributed by atoms with Crippen LogP contribution < -0.4 is 4.74 Å². The maximum atomic E-state index is 5.86. The van der Waals surface area contributed by atoms with Gasteiger partial charge in [0.2, 0.25) is 0 Å². The van der Waals surface area contributed by atoms with Crippen molar-refractivity contribution in [2.75, 3.05) is 0 Å². The topological polar surface area (TPSA) is 9.23 Å². The molecule has 0 spiro atoms.